The number of carbonyl (C=O) groups is 1. The molecular formula is C24H21ClN2O4. The number of hydrogen-bond acceptors (Lipinski definition) is 5. The number of carbonyl (C=O) groups excluding carboxylic acids is 1. The molecule has 0 unspecified atom stereocenters. The number of nitrogens with zero attached hydrogens (tertiary/aromatic N) is 1. The van der Waals surface area contributed by atoms with E-state index >= 15 is 0 Å². The minimum atomic E-state index is -0.0940. The summed E-state index contributed by atoms with van der Waals surface area (Å²) in [6.45, 7) is 0.447. The fourth-order valence-electron chi connectivity index (χ4n) is 3.07. The predicted octanol–water partition coefficient (Wildman–Crippen LogP) is 5.95. The number of ether oxygens (including phenoxy) is 2. The maximum atomic E-state index is 12.3. The van der Waals surface area contributed by atoms with Crippen molar-refractivity contribution in [2.24, 2.45) is 0 Å². The lowest BCUT2D eigenvalue weighted by atomic mass is 10.2. The van der Waals surface area contributed by atoms with E-state index in [9.17, 15) is 4.79 Å². The van der Waals surface area contributed by atoms with Crippen LogP contribution in [-0.2, 0) is 4.79 Å². The van der Waals surface area contributed by atoms with Gasteiger partial charge in [-0.3, -0.25) is 4.79 Å². The third-order valence-corrected chi connectivity index (χ3v) is 4.98. The summed E-state index contributed by atoms with van der Waals surface area (Å²) in [5, 5.41) is 3.45. The van der Waals surface area contributed by atoms with Crippen LogP contribution in [0.1, 0.15) is 12.8 Å². The van der Waals surface area contributed by atoms with Crippen molar-refractivity contribution in [1.82, 2.24) is 4.98 Å². The number of amides is 1. The molecule has 7 heteroatoms. The van der Waals surface area contributed by atoms with Crippen LogP contribution in [0.4, 0.5) is 5.69 Å². The highest BCUT2D eigenvalue weighted by atomic mass is 35.5. The lowest BCUT2D eigenvalue weighted by molar-refractivity contribution is -0.116. The summed E-state index contributed by atoms with van der Waals surface area (Å²) in [4.78, 5) is 16.7. The van der Waals surface area contributed by atoms with Crippen molar-refractivity contribution in [3.8, 4) is 23.0 Å². The van der Waals surface area contributed by atoms with Gasteiger partial charge in [0.1, 0.15) is 17.0 Å². The van der Waals surface area contributed by atoms with Crippen LogP contribution in [-0.4, -0.2) is 24.6 Å². The van der Waals surface area contributed by atoms with Gasteiger partial charge in [0, 0.05) is 18.2 Å². The molecule has 1 N–H and O–H groups in total. The number of methoxy groups -OCH3 is 1. The largest absolute Gasteiger partial charge is 0.497 e. The fourth-order valence-corrected chi connectivity index (χ4v) is 3.29. The topological polar surface area (TPSA) is 73.6 Å². The van der Waals surface area contributed by atoms with Crippen LogP contribution in [0.15, 0.2) is 71.1 Å². The van der Waals surface area contributed by atoms with Crippen LogP contribution < -0.4 is 14.8 Å². The van der Waals surface area contributed by atoms with E-state index < -0.39 is 0 Å². The molecular weight excluding hydrogens is 416 g/mol. The molecule has 3 aromatic carbocycles. The van der Waals surface area contributed by atoms with E-state index in [0.717, 1.165) is 17.1 Å². The monoisotopic (exact) mass is 436 g/mol. The van der Waals surface area contributed by atoms with Crippen molar-refractivity contribution >= 4 is 34.3 Å². The Bertz CT molecular complexity index is 1190. The number of hydrogen-bond donors (Lipinski definition) is 1. The molecule has 0 saturated carbocycles. The highest BCUT2D eigenvalue weighted by molar-refractivity contribution is 6.33. The second kappa shape index (κ2) is 9.53. The van der Waals surface area contributed by atoms with Crippen molar-refractivity contribution in [2.75, 3.05) is 19.0 Å². The van der Waals surface area contributed by atoms with Crippen LogP contribution >= 0.6 is 11.6 Å². The highest BCUT2D eigenvalue weighted by Crippen LogP contribution is 2.30. The third kappa shape index (κ3) is 5.16. The summed E-state index contributed by atoms with van der Waals surface area (Å²) >= 11 is 6.23. The number of anilines is 1. The summed E-state index contributed by atoms with van der Waals surface area (Å²) in [7, 11) is 1.62. The van der Waals surface area contributed by atoms with Crippen molar-refractivity contribution in [2.45, 2.75) is 12.8 Å². The maximum Gasteiger partial charge on any atom is 0.228 e. The molecule has 4 aromatic rings. The normalized spacial score (nSPS) is 10.8. The molecule has 4 rings (SSSR count). The quantitative estimate of drug-likeness (QED) is 0.345. The van der Waals surface area contributed by atoms with E-state index in [0.29, 0.717) is 47.1 Å². The van der Waals surface area contributed by atoms with Crippen LogP contribution in [0, 0.1) is 0 Å². The third-order valence-electron chi connectivity index (χ3n) is 4.65. The average molecular weight is 437 g/mol. The van der Waals surface area contributed by atoms with Gasteiger partial charge in [0.2, 0.25) is 11.8 Å². The lowest BCUT2D eigenvalue weighted by Crippen LogP contribution is -2.12. The molecule has 31 heavy (non-hydrogen) atoms. The fraction of sp³-hybridized carbons (Fsp3) is 0.167. The van der Waals surface area contributed by atoms with Crippen molar-refractivity contribution in [3.63, 3.8) is 0 Å². The molecule has 0 bridgehead atoms. The Labute approximate surface area is 184 Å². The Morgan fingerprint density at radius 3 is 2.61 bits per heavy atom. The maximum absolute atomic E-state index is 12.3. The van der Waals surface area contributed by atoms with Crippen LogP contribution in [0.5, 0.6) is 11.5 Å². The Hall–Kier alpha value is -3.51. The zero-order valence-corrected chi connectivity index (χ0v) is 17.7. The molecule has 0 atom stereocenters. The summed E-state index contributed by atoms with van der Waals surface area (Å²) in [6, 6.07) is 20.1. The summed E-state index contributed by atoms with van der Waals surface area (Å²) < 4.78 is 16.6. The molecule has 158 valence electrons. The van der Waals surface area contributed by atoms with Gasteiger partial charge in [0.25, 0.3) is 0 Å². The number of halogens is 1. The van der Waals surface area contributed by atoms with E-state index in [-0.39, 0.29) is 5.91 Å². The molecule has 1 amide bonds. The van der Waals surface area contributed by atoms with E-state index in [4.69, 9.17) is 25.5 Å². The van der Waals surface area contributed by atoms with Crippen molar-refractivity contribution < 1.29 is 18.7 Å². The molecule has 0 saturated heterocycles. The first kappa shape index (κ1) is 20.8. The SMILES string of the molecule is COc1ccc(OCCCC(=O)Nc2ccc3nc(-c4ccccc4Cl)oc3c2)cc1. The van der Waals surface area contributed by atoms with Gasteiger partial charge in [-0.25, -0.2) is 4.98 Å². The molecule has 6 nitrogen and oxygen atoms in total. The Morgan fingerprint density at radius 2 is 1.84 bits per heavy atom. The van der Waals surface area contributed by atoms with Gasteiger partial charge in [0.05, 0.1) is 24.3 Å². The van der Waals surface area contributed by atoms with Gasteiger partial charge < -0.3 is 19.2 Å². The van der Waals surface area contributed by atoms with Crippen molar-refractivity contribution in [3.05, 3.63) is 71.8 Å². The van der Waals surface area contributed by atoms with Gasteiger partial charge in [-0.05, 0) is 55.0 Å². The number of rotatable bonds is 8. The zero-order valence-electron chi connectivity index (χ0n) is 16.9. The van der Waals surface area contributed by atoms with Crippen molar-refractivity contribution in [1.29, 1.82) is 0 Å². The number of oxazole rings is 1. The summed E-state index contributed by atoms with van der Waals surface area (Å²) in [6.07, 6.45) is 0.939. The molecule has 1 heterocycles. The molecule has 0 radical (unpaired) electrons. The number of nitrogens with one attached hydrogen (secondary N) is 1. The Morgan fingerprint density at radius 1 is 1.06 bits per heavy atom. The molecule has 0 spiro atoms. The second-order valence-electron chi connectivity index (χ2n) is 6.86. The molecule has 0 aliphatic carbocycles. The molecule has 0 fully saturated rings. The zero-order chi connectivity index (χ0) is 21.6. The van der Waals surface area contributed by atoms with E-state index in [1.165, 1.54) is 0 Å². The minimum Gasteiger partial charge on any atom is -0.497 e. The van der Waals surface area contributed by atoms with Gasteiger partial charge in [-0.15, -0.1) is 0 Å². The first-order valence-electron chi connectivity index (χ1n) is 9.84. The minimum absolute atomic E-state index is 0.0940. The Balaban J connectivity index is 1.31. The van der Waals surface area contributed by atoms with E-state index in [1.807, 2.05) is 48.5 Å². The predicted molar refractivity (Wildman–Crippen MR) is 121 cm³/mol. The lowest BCUT2D eigenvalue weighted by Gasteiger charge is -2.08. The van der Waals surface area contributed by atoms with E-state index in [1.54, 1.807) is 25.3 Å². The number of aromatic nitrogens is 1. The summed E-state index contributed by atoms with van der Waals surface area (Å²) in [5.74, 6) is 1.86. The standard InChI is InChI=1S/C24H21ClN2O4/c1-29-17-9-11-18(12-10-17)30-14-4-7-23(28)26-16-8-13-21-22(15-16)31-24(27-21)19-5-2-3-6-20(19)25/h2-3,5-6,8-13,15H,4,7,14H2,1H3,(H,26,28). The van der Waals surface area contributed by atoms with Gasteiger partial charge in [0.15, 0.2) is 5.58 Å². The average Bonchev–Trinajstić information content (AvgIpc) is 3.20. The first-order valence-corrected chi connectivity index (χ1v) is 10.2. The van der Waals surface area contributed by atoms with Crippen LogP contribution in [0.2, 0.25) is 5.02 Å². The number of fused-ring (bicyclic) bond motifs is 1. The van der Waals surface area contributed by atoms with Gasteiger partial charge in [-0.2, -0.15) is 0 Å². The van der Waals surface area contributed by atoms with Crippen LogP contribution in [0.25, 0.3) is 22.6 Å². The Kier molecular flexibility index (Phi) is 6.38. The van der Waals surface area contributed by atoms with Crippen LogP contribution in [0.3, 0.4) is 0 Å². The second-order valence-corrected chi connectivity index (χ2v) is 7.26. The smallest absolute Gasteiger partial charge is 0.228 e. The first-order chi connectivity index (χ1) is 15.1. The highest BCUT2D eigenvalue weighted by Gasteiger charge is 2.12. The van der Waals surface area contributed by atoms with Gasteiger partial charge in [-0.1, -0.05) is 23.7 Å². The molecule has 0 aliphatic rings. The van der Waals surface area contributed by atoms with Gasteiger partial charge >= 0.3 is 0 Å². The molecule has 0 aliphatic heterocycles. The summed E-state index contributed by atoms with van der Waals surface area (Å²) in [5.41, 5.74) is 2.65. The molecule has 1 aromatic heterocycles. The van der Waals surface area contributed by atoms with E-state index in [2.05, 4.69) is 10.3 Å². The number of benzene rings is 3.